The Kier molecular flexibility index (Phi) is 3.86. The summed E-state index contributed by atoms with van der Waals surface area (Å²) >= 11 is 11.3. The molecule has 0 aromatic carbocycles. The van der Waals surface area contributed by atoms with E-state index in [4.69, 9.17) is 28.3 Å². The molecule has 0 aliphatic heterocycles. The molecule has 1 N–H and O–H groups in total. The van der Waals surface area contributed by atoms with Crippen molar-refractivity contribution in [1.82, 2.24) is 0 Å². The number of hydrogen-bond donors (Lipinski definition) is 1. The molecule has 0 heterocycles. The van der Waals surface area contributed by atoms with Crippen molar-refractivity contribution in [3.8, 4) is 0 Å². The molecular weight excluding hydrogens is 159 g/mol. The Hall–Kier alpha value is 0.540. The van der Waals surface area contributed by atoms with Crippen molar-refractivity contribution >= 4 is 23.2 Å². The molecule has 2 atom stereocenters. The molecule has 0 aliphatic rings. The molecule has 2 unspecified atom stereocenters. The van der Waals surface area contributed by atoms with Crippen LogP contribution in [0.5, 0.6) is 0 Å². The van der Waals surface area contributed by atoms with Gasteiger partial charge >= 0.3 is 0 Å². The normalized spacial score (nSPS) is 21.0. The lowest BCUT2D eigenvalue weighted by Gasteiger charge is -2.19. The first kappa shape index (κ1) is 9.54. The maximum absolute atomic E-state index is 8.88. The molecule has 0 bridgehead atoms. The molecule has 0 fully saturated rings. The van der Waals surface area contributed by atoms with E-state index in [1.54, 1.807) is 6.92 Å². The van der Waals surface area contributed by atoms with E-state index in [-0.39, 0.29) is 6.10 Å². The van der Waals surface area contributed by atoms with E-state index in [2.05, 4.69) is 0 Å². The van der Waals surface area contributed by atoms with E-state index < -0.39 is 4.87 Å². The highest BCUT2D eigenvalue weighted by Crippen LogP contribution is 2.22. The van der Waals surface area contributed by atoms with Gasteiger partial charge in [-0.2, -0.15) is 0 Å². The molecule has 0 spiro atoms. The van der Waals surface area contributed by atoms with E-state index in [1.165, 1.54) is 0 Å². The standard InChI is InChI=1S/C6H12Cl2O/c1-5(9)3-6(2,8)4-7/h5,9H,3-4H2,1-2H3. The van der Waals surface area contributed by atoms with Gasteiger partial charge in [0.2, 0.25) is 0 Å². The van der Waals surface area contributed by atoms with Gasteiger partial charge in [-0.1, -0.05) is 0 Å². The van der Waals surface area contributed by atoms with Crippen molar-refractivity contribution in [2.75, 3.05) is 5.88 Å². The smallest absolute Gasteiger partial charge is 0.0578 e. The molecule has 0 aromatic rings. The van der Waals surface area contributed by atoms with Crippen LogP contribution in [0.1, 0.15) is 20.3 Å². The highest BCUT2D eigenvalue weighted by atomic mass is 35.5. The number of rotatable bonds is 3. The largest absolute Gasteiger partial charge is 0.393 e. The fraction of sp³-hybridized carbons (Fsp3) is 1.00. The van der Waals surface area contributed by atoms with Gasteiger partial charge in [0.25, 0.3) is 0 Å². The van der Waals surface area contributed by atoms with Gasteiger partial charge < -0.3 is 5.11 Å². The van der Waals surface area contributed by atoms with Crippen LogP contribution < -0.4 is 0 Å². The van der Waals surface area contributed by atoms with Crippen molar-refractivity contribution in [2.24, 2.45) is 0 Å². The zero-order valence-electron chi connectivity index (χ0n) is 5.69. The Bertz CT molecular complexity index is 81.1. The summed E-state index contributed by atoms with van der Waals surface area (Å²) in [6.07, 6.45) is 0.171. The van der Waals surface area contributed by atoms with Crippen molar-refractivity contribution in [3.63, 3.8) is 0 Å². The first-order valence-electron chi connectivity index (χ1n) is 2.91. The summed E-state index contributed by atoms with van der Waals surface area (Å²) in [5.41, 5.74) is 0. The molecule has 0 radical (unpaired) electrons. The molecule has 56 valence electrons. The maximum Gasteiger partial charge on any atom is 0.0578 e. The maximum atomic E-state index is 8.88. The minimum Gasteiger partial charge on any atom is -0.393 e. The third-order valence-electron chi connectivity index (χ3n) is 1.000. The average molecular weight is 171 g/mol. The molecule has 3 heteroatoms. The summed E-state index contributed by atoms with van der Waals surface area (Å²) in [4.78, 5) is -0.449. The zero-order valence-corrected chi connectivity index (χ0v) is 7.21. The molecule has 0 saturated heterocycles. The lowest BCUT2D eigenvalue weighted by atomic mass is 10.1. The molecule has 0 saturated carbocycles. The van der Waals surface area contributed by atoms with Gasteiger partial charge in [-0.15, -0.1) is 23.2 Å². The fourth-order valence-corrected chi connectivity index (χ4v) is 1.00. The number of halogens is 2. The van der Waals surface area contributed by atoms with Gasteiger partial charge in [0.1, 0.15) is 0 Å². The monoisotopic (exact) mass is 170 g/mol. The van der Waals surface area contributed by atoms with E-state index >= 15 is 0 Å². The fourth-order valence-electron chi connectivity index (χ4n) is 0.671. The summed E-state index contributed by atoms with van der Waals surface area (Å²) in [6, 6.07) is 0. The Morgan fingerprint density at radius 3 is 2.22 bits per heavy atom. The molecular formula is C6H12Cl2O. The average Bonchev–Trinajstić information content (AvgIpc) is 1.63. The van der Waals surface area contributed by atoms with Crippen molar-refractivity contribution in [1.29, 1.82) is 0 Å². The quantitative estimate of drug-likeness (QED) is 0.643. The summed E-state index contributed by atoms with van der Waals surface area (Å²) < 4.78 is 0. The van der Waals surface area contributed by atoms with Crippen LogP contribution >= 0.6 is 23.2 Å². The summed E-state index contributed by atoms with van der Waals surface area (Å²) in [6.45, 7) is 3.52. The second-order valence-corrected chi connectivity index (χ2v) is 3.78. The minimum atomic E-state index is -0.449. The lowest BCUT2D eigenvalue weighted by molar-refractivity contribution is 0.173. The predicted molar refractivity (Wildman–Crippen MR) is 41.3 cm³/mol. The molecule has 9 heavy (non-hydrogen) atoms. The topological polar surface area (TPSA) is 20.2 Å². The summed E-state index contributed by atoms with van der Waals surface area (Å²) in [7, 11) is 0. The lowest BCUT2D eigenvalue weighted by Crippen LogP contribution is -2.24. The van der Waals surface area contributed by atoms with Crippen LogP contribution in [0.15, 0.2) is 0 Å². The summed E-state index contributed by atoms with van der Waals surface area (Å²) in [5.74, 6) is 0.374. The van der Waals surface area contributed by atoms with Gasteiger partial charge in [0.05, 0.1) is 11.0 Å². The third kappa shape index (κ3) is 5.01. The SMILES string of the molecule is CC(O)CC(C)(Cl)CCl. The van der Waals surface area contributed by atoms with Crippen LogP contribution in [0.4, 0.5) is 0 Å². The highest BCUT2D eigenvalue weighted by Gasteiger charge is 2.21. The third-order valence-corrected chi connectivity index (χ3v) is 2.01. The first-order chi connectivity index (χ1) is 3.98. The molecule has 0 amide bonds. The van der Waals surface area contributed by atoms with E-state index in [0.717, 1.165) is 0 Å². The second kappa shape index (κ2) is 3.65. The predicted octanol–water partition coefficient (Wildman–Crippen LogP) is 1.99. The number of alkyl halides is 2. The van der Waals surface area contributed by atoms with Crippen molar-refractivity contribution < 1.29 is 5.11 Å². The van der Waals surface area contributed by atoms with Crippen molar-refractivity contribution in [3.05, 3.63) is 0 Å². The van der Waals surface area contributed by atoms with Crippen LogP contribution in [-0.2, 0) is 0 Å². The number of hydrogen-bond acceptors (Lipinski definition) is 1. The zero-order chi connectivity index (χ0) is 7.49. The number of aliphatic hydroxyl groups excluding tert-OH is 1. The van der Waals surface area contributed by atoms with Crippen molar-refractivity contribution in [2.45, 2.75) is 31.2 Å². The Labute approximate surface area is 66.0 Å². The van der Waals surface area contributed by atoms with Gasteiger partial charge in [-0.05, 0) is 20.3 Å². The van der Waals surface area contributed by atoms with E-state index in [0.29, 0.717) is 12.3 Å². The molecule has 1 nitrogen and oxygen atoms in total. The van der Waals surface area contributed by atoms with E-state index in [9.17, 15) is 0 Å². The molecule has 0 aromatic heterocycles. The molecule has 0 aliphatic carbocycles. The minimum absolute atomic E-state index is 0.369. The molecule has 0 rings (SSSR count). The second-order valence-electron chi connectivity index (χ2n) is 2.60. The van der Waals surface area contributed by atoms with Crippen LogP contribution in [0.3, 0.4) is 0 Å². The van der Waals surface area contributed by atoms with Gasteiger partial charge in [-0.25, -0.2) is 0 Å². The Morgan fingerprint density at radius 1 is 1.67 bits per heavy atom. The summed E-state index contributed by atoms with van der Waals surface area (Å²) in [5, 5.41) is 8.88. The van der Waals surface area contributed by atoms with E-state index in [1.807, 2.05) is 6.92 Å². The Balaban J connectivity index is 3.58. The number of aliphatic hydroxyl groups is 1. The first-order valence-corrected chi connectivity index (χ1v) is 3.82. The van der Waals surface area contributed by atoms with Crippen LogP contribution in [0.25, 0.3) is 0 Å². The highest BCUT2D eigenvalue weighted by molar-refractivity contribution is 6.30. The van der Waals surface area contributed by atoms with Gasteiger partial charge in [0, 0.05) is 5.88 Å². The van der Waals surface area contributed by atoms with Crippen LogP contribution in [0, 0.1) is 0 Å². The Morgan fingerprint density at radius 2 is 2.11 bits per heavy atom. The van der Waals surface area contributed by atoms with Crippen LogP contribution in [-0.4, -0.2) is 22.0 Å². The van der Waals surface area contributed by atoms with Gasteiger partial charge in [-0.3, -0.25) is 0 Å². The van der Waals surface area contributed by atoms with Crippen LogP contribution in [0.2, 0.25) is 0 Å². The van der Waals surface area contributed by atoms with Gasteiger partial charge in [0.15, 0.2) is 0 Å².